The summed E-state index contributed by atoms with van der Waals surface area (Å²) >= 11 is 0. The fourth-order valence-corrected chi connectivity index (χ4v) is 3.22. The molecule has 3 nitrogen and oxygen atoms in total. The summed E-state index contributed by atoms with van der Waals surface area (Å²) in [6.45, 7) is -0.286. The summed E-state index contributed by atoms with van der Waals surface area (Å²) in [5.41, 5.74) is 0.101. The highest BCUT2D eigenvalue weighted by molar-refractivity contribution is 6.00. The number of anilines is 1. The SMILES string of the molecule is O=C(/C=C/C=C(c1ccc(C(F)(F)F)cc1)c1ccc(C(F)(F)F)cc1)Nc1ccccc1CO. The van der Waals surface area contributed by atoms with Crippen molar-refractivity contribution in [2.45, 2.75) is 19.0 Å². The molecule has 0 aliphatic heterocycles. The van der Waals surface area contributed by atoms with Crippen LogP contribution in [0.3, 0.4) is 0 Å². The van der Waals surface area contributed by atoms with E-state index < -0.39 is 29.4 Å². The van der Waals surface area contributed by atoms with Crippen LogP contribution in [0.4, 0.5) is 32.0 Å². The molecule has 9 heteroatoms. The Kier molecular flexibility index (Phi) is 7.81. The number of aliphatic hydroxyl groups excluding tert-OH is 1. The molecule has 0 saturated heterocycles. The lowest BCUT2D eigenvalue weighted by Gasteiger charge is -2.12. The minimum Gasteiger partial charge on any atom is -0.392 e. The van der Waals surface area contributed by atoms with E-state index in [1.807, 2.05) is 0 Å². The molecule has 0 saturated carbocycles. The fraction of sp³-hybridized carbons (Fsp3) is 0.115. The third-order valence-electron chi connectivity index (χ3n) is 5.00. The predicted octanol–water partition coefficient (Wildman–Crippen LogP) is 6.84. The summed E-state index contributed by atoms with van der Waals surface area (Å²) < 4.78 is 77.6. The molecule has 0 aromatic heterocycles. The van der Waals surface area contributed by atoms with E-state index in [0.29, 0.717) is 28.0 Å². The summed E-state index contributed by atoms with van der Waals surface area (Å²) in [6.07, 6.45) is -5.17. The van der Waals surface area contributed by atoms with E-state index >= 15 is 0 Å². The van der Waals surface area contributed by atoms with Crippen LogP contribution in [0.1, 0.15) is 27.8 Å². The van der Waals surface area contributed by atoms with Gasteiger partial charge in [0, 0.05) is 17.3 Å². The summed E-state index contributed by atoms with van der Waals surface area (Å²) in [5, 5.41) is 12.0. The first-order chi connectivity index (χ1) is 16.5. The van der Waals surface area contributed by atoms with Crippen LogP contribution in [-0.4, -0.2) is 11.0 Å². The van der Waals surface area contributed by atoms with Gasteiger partial charge in [-0.05, 0) is 47.0 Å². The van der Waals surface area contributed by atoms with Crippen LogP contribution in [0.15, 0.2) is 91.0 Å². The molecule has 0 aliphatic carbocycles. The molecule has 3 rings (SSSR count). The number of carbonyl (C=O) groups is 1. The van der Waals surface area contributed by atoms with Gasteiger partial charge in [-0.1, -0.05) is 54.6 Å². The number of rotatable bonds is 6. The third-order valence-corrected chi connectivity index (χ3v) is 5.00. The van der Waals surface area contributed by atoms with Crippen LogP contribution in [-0.2, 0) is 23.8 Å². The van der Waals surface area contributed by atoms with E-state index in [2.05, 4.69) is 5.32 Å². The first-order valence-corrected chi connectivity index (χ1v) is 10.2. The van der Waals surface area contributed by atoms with Crippen LogP contribution in [0, 0.1) is 0 Å². The molecule has 0 spiro atoms. The second kappa shape index (κ2) is 10.6. The molecule has 3 aromatic carbocycles. The van der Waals surface area contributed by atoms with E-state index in [-0.39, 0.29) is 6.61 Å². The molecule has 0 aliphatic rings. The lowest BCUT2D eigenvalue weighted by atomic mass is 9.95. The van der Waals surface area contributed by atoms with Gasteiger partial charge < -0.3 is 10.4 Å². The Morgan fingerprint density at radius 1 is 0.771 bits per heavy atom. The van der Waals surface area contributed by atoms with Crippen molar-refractivity contribution in [2.24, 2.45) is 0 Å². The van der Waals surface area contributed by atoms with Crippen LogP contribution in [0.5, 0.6) is 0 Å². The van der Waals surface area contributed by atoms with Crippen LogP contribution < -0.4 is 5.32 Å². The Morgan fingerprint density at radius 3 is 1.71 bits per heavy atom. The van der Waals surface area contributed by atoms with E-state index in [1.54, 1.807) is 24.3 Å². The molecule has 0 heterocycles. The van der Waals surface area contributed by atoms with Gasteiger partial charge in [-0.2, -0.15) is 26.3 Å². The number of amides is 1. The Hall–Kier alpha value is -3.85. The molecule has 182 valence electrons. The first-order valence-electron chi connectivity index (χ1n) is 10.2. The zero-order valence-corrected chi connectivity index (χ0v) is 18.0. The zero-order valence-electron chi connectivity index (χ0n) is 18.0. The molecule has 0 radical (unpaired) electrons. The second-order valence-corrected chi connectivity index (χ2v) is 7.39. The Labute approximate surface area is 197 Å². The van der Waals surface area contributed by atoms with E-state index in [4.69, 9.17) is 0 Å². The number of allylic oxidation sites excluding steroid dienone is 2. The second-order valence-electron chi connectivity index (χ2n) is 7.39. The van der Waals surface area contributed by atoms with Crippen LogP contribution >= 0.6 is 0 Å². The number of para-hydroxylation sites is 1. The van der Waals surface area contributed by atoms with Gasteiger partial charge in [0.1, 0.15) is 0 Å². The van der Waals surface area contributed by atoms with Gasteiger partial charge in [-0.15, -0.1) is 0 Å². The Bertz CT molecular complexity index is 1160. The zero-order chi connectivity index (χ0) is 25.6. The maximum atomic E-state index is 12.9. The van der Waals surface area contributed by atoms with Gasteiger partial charge in [-0.25, -0.2) is 0 Å². The number of carbonyl (C=O) groups excluding carboxylic acids is 1. The highest BCUT2D eigenvalue weighted by Crippen LogP contribution is 2.33. The standard InChI is InChI=1S/C26H19F6NO2/c27-25(28,29)20-12-8-17(9-13-20)22(18-10-14-21(15-11-18)26(30,31)32)5-3-7-24(35)33-23-6-2-1-4-19(23)16-34/h1-15,34H,16H2,(H,33,35)/b7-3+. The molecule has 3 aromatic rings. The van der Waals surface area contributed by atoms with Crippen molar-refractivity contribution in [2.75, 3.05) is 5.32 Å². The number of hydrogen-bond acceptors (Lipinski definition) is 2. The van der Waals surface area contributed by atoms with Gasteiger partial charge in [-0.3, -0.25) is 4.79 Å². The molecular weight excluding hydrogens is 472 g/mol. The smallest absolute Gasteiger partial charge is 0.392 e. The van der Waals surface area contributed by atoms with Gasteiger partial charge in [0.25, 0.3) is 0 Å². The largest absolute Gasteiger partial charge is 0.416 e. The molecule has 35 heavy (non-hydrogen) atoms. The van der Waals surface area contributed by atoms with Crippen molar-refractivity contribution in [1.29, 1.82) is 0 Å². The lowest BCUT2D eigenvalue weighted by molar-refractivity contribution is -0.138. The molecular formula is C26H19F6NO2. The van der Waals surface area contributed by atoms with Crippen molar-refractivity contribution in [3.63, 3.8) is 0 Å². The van der Waals surface area contributed by atoms with Crippen LogP contribution in [0.2, 0.25) is 0 Å². The minimum absolute atomic E-state index is 0.286. The first kappa shape index (κ1) is 25.8. The average Bonchev–Trinajstić information content (AvgIpc) is 2.81. The van der Waals surface area contributed by atoms with Gasteiger partial charge in [0.15, 0.2) is 0 Å². The Morgan fingerprint density at radius 2 is 1.26 bits per heavy atom. The molecule has 0 atom stereocenters. The number of nitrogens with one attached hydrogen (secondary N) is 1. The van der Waals surface area contributed by atoms with Crippen LogP contribution in [0.25, 0.3) is 5.57 Å². The minimum atomic E-state index is -4.54. The highest BCUT2D eigenvalue weighted by Gasteiger charge is 2.31. The molecule has 0 bridgehead atoms. The fourth-order valence-electron chi connectivity index (χ4n) is 3.22. The van der Waals surface area contributed by atoms with Crippen molar-refractivity contribution in [1.82, 2.24) is 0 Å². The number of alkyl halides is 6. The topological polar surface area (TPSA) is 49.3 Å². The van der Waals surface area contributed by atoms with E-state index in [0.717, 1.165) is 30.3 Å². The molecule has 1 amide bonds. The van der Waals surface area contributed by atoms with E-state index in [1.165, 1.54) is 36.4 Å². The number of halogens is 6. The van der Waals surface area contributed by atoms with Gasteiger partial charge in [0.05, 0.1) is 17.7 Å². The van der Waals surface area contributed by atoms with Crippen molar-refractivity contribution < 1.29 is 36.2 Å². The number of hydrogen-bond donors (Lipinski definition) is 2. The van der Waals surface area contributed by atoms with Gasteiger partial charge >= 0.3 is 12.4 Å². The molecule has 2 N–H and O–H groups in total. The van der Waals surface area contributed by atoms with Gasteiger partial charge in [0.2, 0.25) is 5.91 Å². The van der Waals surface area contributed by atoms with Crippen molar-refractivity contribution >= 4 is 17.2 Å². The number of aliphatic hydroxyl groups is 1. The van der Waals surface area contributed by atoms with Crippen molar-refractivity contribution in [3.05, 3.63) is 119 Å². The lowest BCUT2D eigenvalue weighted by Crippen LogP contribution is -2.09. The predicted molar refractivity (Wildman–Crippen MR) is 120 cm³/mol. The number of benzene rings is 3. The molecule has 0 unspecified atom stereocenters. The summed E-state index contributed by atoms with van der Waals surface area (Å²) in [5.74, 6) is -0.540. The monoisotopic (exact) mass is 491 g/mol. The summed E-state index contributed by atoms with van der Waals surface area (Å²) in [7, 11) is 0. The maximum absolute atomic E-state index is 12.9. The normalized spacial score (nSPS) is 12.0. The summed E-state index contributed by atoms with van der Waals surface area (Å²) in [4.78, 5) is 12.3. The summed E-state index contributed by atoms with van der Waals surface area (Å²) in [6, 6.07) is 14.9. The third kappa shape index (κ3) is 6.83. The Balaban J connectivity index is 1.92. The molecule has 0 fully saturated rings. The van der Waals surface area contributed by atoms with E-state index in [9.17, 15) is 36.2 Å². The quantitative estimate of drug-likeness (QED) is 0.225. The average molecular weight is 491 g/mol. The maximum Gasteiger partial charge on any atom is 0.416 e. The highest BCUT2D eigenvalue weighted by atomic mass is 19.4. The van der Waals surface area contributed by atoms with Crippen molar-refractivity contribution in [3.8, 4) is 0 Å².